The number of carbonyl (C=O) groups is 2. The highest BCUT2D eigenvalue weighted by atomic mass is 16.4. The van der Waals surface area contributed by atoms with Gasteiger partial charge in [-0.1, -0.05) is 23.8 Å². The van der Waals surface area contributed by atoms with E-state index in [4.69, 9.17) is 5.11 Å². The van der Waals surface area contributed by atoms with Crippen molar-refractivity contribution in [2.75, 3.05) is 6.54 Å². The van der Waals surface area contributed by atoms with E-state index in [1.807, 2.05) is 0 Å². The number of carboxylic acids is 1. The van der Waals surface area contributed by atoms with Gasteiger partial charge in [0.2, 0.25) is 5.91 Å². The van der Waals surface area contributed by atoms with Crippen molar-refractivity contribution in [1.82, 2.24) is 5.32 Å². The summed E-state index contributed by atoms with van der Waals surface area (Å²) >= 11 is 0. The van der Waals surface area contributed by atoms with E-state index in [0.29, 0.717) is 19.4 Å². The number of nitrogens with one attached hydrogen (secondary N) is 1. The molecule has 4 nitrogen and oxygen atoms in total. The lowest BCUT2D eigenvalue weighted by molar-refractivity contribution is -0.137. The molecule has 0 aliphatic rings. The summed E-state index contributed by atoms with van der Waals surface area (Å²) in [7, 11) is 0. The molecule has 0 saturated heterocycles. The normalized spacial score (nSPS) is 10.3. The van der Waals surface area contributed by atoms with Crippen LogP contribution in [-0.2, 0) is 16.0 Å². The molecule has 0 saturated carbocycles. The number of carboxylic acid groups (broad SMARTS) is 1. The Morgan fingerprint density at radius 3 is 2.55 bits per heavy atom. The molecule has 0 spiro atoms. The fourth-order valence-electron chi connectivity index (χ4n) is 2.12. The van der Waals surface area contributed by atoms with Gasteiger partial charge in [-0.25, -0.2) is 0 Å². The molecule has 0 heterocycles. The maximum Gasteiger partial charge on any atom is 0.303 e. The second-order valence-electron chi connectivity index (χ2n) is 5.13. The molecule has 0 aliphatic carbocycles. The molecule has 1 rings (SSSR count). The second-order valence-corrected chi connectivity index (χ2v) is 5.13. The van der Waals surface area contributed by atoms with Gasteiger partial charge in [0.15, 0.2) is 0 Å². The van der Waals surface area contributed by atoms with E-state index in [9.17, 15) is 9.59 Å². The van der Waals surface area contributed by atoms with E-state index in [0.717, 1.165) is 12.8 Å². The van der Waals surface area contributed by atoms with E-state index in [2.05, 4.69) is 37.4 Å². The predicted octanol–water partition coefficient (Wildman–Crippen LogP) is 2.61. The van der Waals surface area contributed by atoms with Crippen molar-refractivity contribution in [3.63, 3.8) is 0 Å². The Kier molecular flexibility index (Phi) is 6.77. The smallest absolute Gasteiger partial charge is 0.303 e. The third-order valence-electron chi connectivity index (χ3n) is 3.24. The summed E-state index contributed by atoms with van der Waals surface area (Å²) < 4.78 is 0. The third kappa shape index (κ3) is 6.36. The van der Waals surface area contributed by atoms with Crippen LogP contribution in [0.25, 0.3) is 0 Å². The molecule has 0 atom stereocenters. The van der Waals surface area contributed by atoms with Gasteiger partial charge >= 0.3 is 5.97 Å². The van der Waals surface area contributed by atoms with Crippen LogP contribution in [0.3, 0.4) is 0 Å². The number of benzene rings is 1. The third-order valence-corrected chi connectivity index (χ3v) is 3.24. The zero-order valence-electron chi connectivity index (χ0n) is 12.2. The Morgan fingerprint density at radius 2 is 1.90 bits per heavy atom. The highest BCUT2D eigenvalue weighted by Gasteiger charge is 2.04. The van der Waals surface area contributed by atoms with Gasteiger partial charge in [0.05, 0.1) is 0 Å². The van der Waals surface area contributed by atoms with E-state index in [1.54, 1.807) is 0 Å². The van der Waals surface area contributed by atoms with Crippen molar-refractivity contribution in [2.45, 2.75) is 46.0 Å². The molecule has 4 heteroatoms. The van der Waals surface area contributed by atoms with Gasteiger partial charge in [-0.3, -0.25) is 9.59 Å². The average Bonchev–Trinajstić information content (AvgIpc) is 2.37. The minimum absolute atomic E-state index is 0.000142. The number of carbonyl (C=O) groups excluding carboxylic acids is 1. The van der Waals surface area contributed by atoms with E-state index in [1.165, 1.54) is 16.7 Å². The number of hydrogen-bond acceptors (Lipinski definition) is 2. The molecule has 1 aromatic rings. The maximum absolute atomic E-state index is 11.6. The van der Waals surface area contributed by atoms with Gasteiger partial charge in [-0.2, -0.15) is 0 Å². The first-order valence-corrected chi connectivity index (χ1v) is 7.03. The molecular formula is C16H23NO3. The van der Waals surface area contributed by atoms with Crippen LogP contribution >= 0.6 is 0 Å². The van der Waals surface area contributed by atoms with Crippen molar-refractivity contribution in [3.8, 4) is 0 Å². The van der Waals surface area contributed by atoms with Crippen molar-refractivity contribution < 1.29 is 14.7 Å². The lowest BCUT2D eigenvalue weighted by Crippen LogP contribution is -2.24. The molecule has 0 aromatic heterocycles. The summed E-state index contributed by atoms with van der Waals surface area (Å²) in [6.07, 6.45) is 2.78. The van der Waals surface area contributed by atoms with Crippen LogP contribution in [0.2, 0.25) is 0 Å². The number of aryl methyl sites for hydroxylation is 3. The molecular weight excluding hydrogens is 254 g/mol. The molecule has 0 unspecified atom stereocenters. The Bertz CT molecular complexity index is 469. The monoisotopic (exact) mass is 277 g/mol. The minimum Gasteiger partial charge on any atom is -0.481 e. The summed E-state index contributed by atoms with van der Waals surface area (Å²) in [5.41, 5.74) is 3.81. The molecule has 110 valence electrons. The Labute approximate surface area is 120 Å². The van der Waals surface area contributed by atoms with Gasteiger partial charge in [0.1, 0.15) is 0 Å². The Morgan fingerprint density at radius 1 is 1.15 bits per heavy atom. The summed E-state index contributed by atoms with van der Waals surface area (Å²) in [5, 5.41) is 11.2. The fourth-order valence-corrected chi connectivity index (χ4v) is 2.12. The highest BCUT2D eigenvalue weighted by Crippen LogP contribution is 2.13. The van der Waals surface area contributed by atoms with Crippen LogP contribution in [0.5, 0.6) is 0 Å². The first-order chi connectivity index (χ1) is 9.49. The number of hydrogen-bond donors (Lipinski definition) is 2. The zero-order valence-corrected chi connectivity index (χ0v) is 12.2. The lowest BCUT2D eigenvalue weighted by atomic mass is 10.0. The second kappa shape index (κ2) is 8.35. The van der Waals surface area contributed by atoms with Gasteiger partial charge in [0, 0.05) is 19.4 Å². The van der Waals surface area contributed by atoms with Gasteiger partial charge in [-0.05, 0) is 44.2 Å². The average molecular weight is 277 g/mol. The summed E-state index contributed by atoms with van der Waals surface area (Å²) in [5.74, 6) is -0.825. The summed E-state index contributed by atoms with van der Waals surface area (Å²) in [4.78, 5) is 21.9. The van der Waals surface area contributed by atoms with Gasteiger partial charge < -0.3 is 10.4 Å². The predicted molar refractivity (Wildman–Crippen MR) is 78.7 cm³/mol. The SMILES string of the molecule is Cc1ccc(CCCC(=O)NCCCC(=O)O)c(C)c1. The molecule has 1 amide bonds. The molecule has 0 aliphatic heterocycles. The van der Waals surface area contributed by atoms with Crippen LogP contribution in [0.4, 0.5) is 0 Å². The Balaban J connectivity index is 2.20. The molecule has 0 bridgehead atoms. The first kappa shape index (κ1) is 16.2. The maximum atomic E-state index is 11.6. The van der Waals surface area contributed by atoms with Crippen molar-refractivity contribution in [1.29, 1.82) is 0 Å². The largest absolute Gasteiger partial charge is 0.481 e. The van der Waals surface area contributed by atoms with Gasteiger partial charge in [-0.15, -0.1) is 0 Å². The van der Waals surface area contributed by atoms with Crippen LogP contribution in [0.1, 0.15) is 42.4 Å². The van der Waals surface area contributed by atoms with E-state index >= 15 is 0 Å². The van der Waals surface area contributed by atoms with Crippen LogP contribution in [-0.4, -0.2) is 23.5 Å². The molecule has 0 fully saturated rings. The fraction of sp³-hybridized carbons (Fsp3) is 0.500. The minimum atomic E-state index is -0.825. The van der Waals surface area contributed by atoms with Crippen LogP contribution in [0, 0.1) is 13.8 Å². The summed E-state index contributed by atoms with van der Waals surface area (Å²) in [6, 6.07) is 6.37. The number of rotatable bonds is 8. The van der Waals surface area contributed by atoms with E-state index in [-0.39, 0.29) is 12.3 Å². The Hall–Kier alpha value is -1.84. The van der Waals surface area contributed by atoms with Crippen LogP contribution in [0.15, 0.2) is 18.2 Å². The van der Waals surface area contributed by atoms with Crippen molar-refractivity contribution in [2.24, 2.45) is 0 Å². The summed E-state index contributed by atoms with van der Waals surface area (Å²) in [6.45, 7) is 4.60. The highest BCUT2D eigenvalue weighted by molar-refractivity contribution is 5.75. The molecule has 20 heavy (non-hydrogen) atoms. The van der Waals surface area contributed by atoms with Crippen molar-refractivity contribution >= 4 is 11.9 Å². The number of aliphatic carboxylic acids is 1. The number of amides is 1. The van der Waals surface area contributed by atoms with Crippen LogP contribution < -0.4 is 5.32 Å². The zero-order chi connectivity index (χ0) is 15.0. The first-order valence-electron chi connectivity index (χ1n) is 7.03. The van der Waals surface area contributed by atoms with Gasteiger partial charge in [0.25, 0.3) is 0 Å². The standard InChI is InChI=1S/C16H23NO3/c1-12-8-9-14(13(2)11-12)5-3-6-15(18)17-10-4-7-16(19)20/h8-9,11H,3-7,10H2,1-2H3,(H,17,18)(H,19,20). The van der Waals surface area contributed by atoms with E-state index < -0.39 is 5.97 Å². The lowest BCUT2D eigenvalue weighted by Gasteiger charge is -2.07. The molecule has 2 N–H and O–H groups in total. The molecule has 1 aromatic carbocycles. The quantitative estimate of drug-likeness (QED) is 0.718. The molecule has 0 radical (unpaired) electrons. The topological polar surface area (TPSA) is 66.4 Å². The van der Waals surface area contributed by atoms with Crippen molar-refractivity contribution in [3.05, 3.63) is 34.9 Å².